The zero-order valence-corrected chi connectivity index (χ0v) is 8.20. The summed E-state index contributed by atoms with van der Waals surface area (Å²) in [6.07, 6.45) is -3.22. The lowest BCUT2D eigenvalue weighted by Gasteiger charge is -2.20. The highest BCUT2D eigenvalue weighted by Crippen LogP contribution is 2.16. The molecule has 1 aromatic carbocycles. The van der Waals surface area contributed by atoms with Crippen LogP contribution in [0.1, 0.15) is 11.6 Å². The minimum Gasteiger partial charge on any atom is -0.479 e. The summed E-state index contributed by atoms with van der Waals surface area (Å²) in [6.45, 7) is 0. The van der Waals surface area contributed by atoms with E-state index in [2.05, 4.69) is 0 Å². The van der Waals surface area contributed by atoms with Gasteiger partial charge >= 0.3 is 12.1 Å². The standard InChI is InChI=1S/C10H11NO5/c12-8(9(13)14)7(11-10(15)16)6-4-2-1-3-5-6/h1-5,7-8,11-12H,(H,13,14)(H,15,16)/t7-,8-/m1/s1. The molecule has 6 heteroatoms. The van der Waals surface area contributed by atoms with Crippen molar-refractivity contribution in [3.05, 3.63) is 35.9 Å². The van der Waals surface area contributed by atoms with Gasteiger partial charge in [0.15, 0.2) is 6.10 Å². The number of hydrogen-bond acceptors (Lipinski definition) is 3. The van der Waals surface area contributed by atoms with Crippen LogP contribution in [0.2, 0.25) is 0 Å². The Kier molecular flexibility index (Phi) is 3.84. The number of aliphatic carboxylic acids is 1. The third-order valence-electron chi connectivity index (χ3n) is 2.01. The van der Waals surface area contributed by atoms with E-state index < -0.39 is 24.2 Å². The van der Waals surface area contributed by atoms with Crippen molar-refractivity contribution >= 4 is 12.1 Å². The van der Waals surface area contributed by atoms with Crippen molar-refractivity contribution in [1.82, 2.24) is 5.32 Å². The molecule has 6 nitrogen and oxygen atoms in total. The van der Waals surface area contributed by atoms with E-state index in [4.69, 9.17) is 10.2 Å². The van der Waals surface area contributed by atoms with Gasteiger partial charge in [0.05, 0.1) is 6.04 Å². The zero-order chi connectivity index (χ0) is 12.1. The number of amides is 1. The van der Waals surface area contributed by atoms with E-state index in [1.54, 1.807) is 18.2 Å². The van der Waals surface area contributed by atoms with Gasteiger partial charge in [0.2, 0.25) is 0 Å². The Bertz CT molecular complexity index is 378. The van der Waals surface area contributed by atoms with Gasteiger partial charge in [-0.25, -0.2) is 9.59 Å². The Morgan fingerprint density at radius 3 is 2.12 bits per heavy atom. The number of nitrogens with one attached hydrogen (secondary N) is 1. The molecule has 0 aliphatic heterocycles. The Hall–Kier alpha value is -2.08. The summed E-state index contributed by atoms with van der Waals surface area (Å²) in [6, 6.07) is 6.84. The molecule has 1 amide bonds. The van der Waals surface area contributed by atoms with Gasteiger partial charge in [0, 0.05) is 0 Å². The summed E-state index contributed by atoms with van der Waals surface area (Å²) in [7, 11) is 0. The maximum atomic E-state index is 10.6. The van der Waals surface area contributed by atoms with Gasteiger partial charge < -0.3 is 20.6 Å². The van der Waals surface area contributed by atoms with Gasteiger partial charge in [-0.2, -0.15) is 0 Å². The van der Waals surface area contributed by atoms with Crippen molar-refractivity contribution in [2.45, 2.75) is 12.1 Å². The van der Waals surface area contributed by atoms with Crippen molar-refractivity contribution in [3.63, 3.8) is 0 Å². The minimum absolute atomic E-state index is 0.389. The SMILES string of the molecule is O=C(O)N[C@H](c1ccccc1)[C@@H](O)C(=O)O. The number of carboxylic acids is 1. The zero-order valence-electron chi connectivity index (χ0n) is 8.20. The maximum absolute atomic E-state index is 10.6. The van der Waals surface area contributed by atoms with E-state index in [9.17, 15) is 14.7 Å². The predicted octanol–water partition coefficient (Wildman–Crippen LogP) is 0.441. The fourth-order valence-electron chi connectivity index (χ4n) is 1.28. The molecule has 2 atom stereocenters. The van der Waals surface area contributed by atoms with Crippen LogP contribution in [-0.4, -0.2) is 33.5 Å². The van der Waals surface area contributed by atoms with Gasteiger partial charge in [-0.1, -0.05) is 30.3 Å². The van der Waals surface area contributed by atoms with E-state index in [-0.39, 0.29) is 0 Å². The summed E-state index contributed by atoms with van der Waals surface area (Å²) >= 11 is 0. The Morgan fingerprint density at radius 1 is 1.12 bits per heavy atom. The Labute approximate surface area is 91.1 Å². The second kappa shape index (κ2) is 5.13. The van der Waals surface area contributed by atoms with Crippen LogP contribution < -0.4 is 5.32 Å². The molecule has 0 aliphatic rings. The molecule has 0 saturated heterocycles. The smallest absolute Gasteiger partial charge is 0.405 e. The van der Waals surface area contributed by atoms with Crippen molar-refractivity contribution in [2.24, 2.45) is 0 Å². The van der Waals surface area contributed by atoms with E-state index >= 15 is 0 Å². The summed E-state index contributed by atoms with van der Waals surface area (Å²) in [5, 5.41) is 28.5. The van der Waals surface area contributed by atoms with Crippen molar-refractivity contribution in [1.29, 1.82) is 0 Å². The van der Waals surface area contributed by atoms with Gasteiger partial charge in [-0.3, -0.25) is 0 Å². The normalized spacial score (nSPS) is 13.8. The summed E-state index contributed by atoms with van der Waals surface area (Å²) in [5.74, 6) is -1.48. The van der Waals surface area contributed by atoms with E-state index in [0.717, 1.165) is 0 Å². The van der Waals surface area contributed by atoms with Crippen LogP contribution in [0.25, 0.3) is 0 Å². The second-order valence-corrected chi connectivity index (χ2v) is 3.12. The number of rotatable bonds is 4. The summed E-state index contributed by atoms with van der Waals surface area (Å²) < 4.78 is 0. The van der Waals surface area contributed by atoms with Crippen LogP contribution in [0.4, 0.5) is 4.79 Å². The molecule has 0 radical (unpaired) electrons. The third kappa shape index (κ3) is 2.96. The molecule has 0 fully saturated rings. The molecule has 0 bridgehead atoms. The minimum atomic E-state index is -1.82. The predicted molar refractivity (Wildman–Crippen MR) is 54.0 cm³/mol. The quantitative estimate of drug-likeness (QED) is 0.594. The molecule has 4 N–H and O–H groups in total. The van der Waals surface area contributed by atoms with Gasteiger partial charge in [-0.05, 0) is 5.56 Å². The molecular formula is C10H11NO5. The van der Waals surface area contributed by atoms with Gasteiger partial charge in [0.25, 0.3) is 0 Å². The second-order valence-electron chi connectivity index (χ2n) is 3.12. The van der Waals surface area contributed by atoms with Crippen molar-refractivity contribution in [3.8, 4) is 0 Å². The average Bonchev–Trinajstić information content (AvgIpc) is 2.26. The number of carboxylic acid groups (broad SMARTS) is 2. The van der Waals surface area contributed by atoms with E-state index in [0.29, 0.717) is 5.56 Å². The molecule has 16 heavy (non-hydrogen) atoms. The van der Waals surface area contributed by atoms with Crippen molar-refractivity contribution in [2.75, 3.05) is 0 Å². The molecule has 1 rings (SSSR count). The third-order valence-corrected chi connectivity index (χ3v) is 2.01. The molecule has 0 saturated carbocycles. The van der Waals surface area contributed by atoms with Crippen LogP contribution in [0, 0.1) is 0 Å². The topological polar surface area (TPSA) is 107 Å². The fourth-order valence-corrected chi connectivity index (χ4v) is 1.28. The van der Waals surface area contributed by atoms with Gasteiger partial charge in [-0.15, -0.1) is 0 Å². The number of hydrogen-bond donors (Lipinski definition) is 4. The molecule has 1 aromatic rings. The van der Waals surface area contributed by atoms with Crippen LogP contribution in [0.15, 0.2) is 30.3 Å². The molecule has 0 aromatic heterocycles. The molecule has 86 valence electrons. The summed E-state index contributed by atoms with van der Waals surface area (Å²) in [5.41, 5.74) is 0.389. The largest absolute Gasteiger partial charge is 0.479 e. The van der Waals surface area contributed by atoms with E-state index in [1.807, 2.05) is 5.32 Å². The summed E-state index contributed by atoms with van der Waals surface area (Å²) in [4.78, 5) is 21.1. The number of benzene rings is 1. The highest BCUT2D eigenvalue weighted by molar-refractivity contribution is 5.75. The molecular weight excluding hydrogens is 214 g/mol. The molecule has 0 aliphatic carbocycles. The number of aliphatic hydroxyl groups is 1. The van der Waals surface area contributed by atoms with Crippen LogP contribution in [0.5, 0.6) is 0 Å². The first-order chi connectivity index (χ1) is 7.52. The molecule has 0 unspecified atom stereocenters. The lowest BCUT2D eigenvalue weighted by Crippen LogP contribution is -2.39. The Balaban J connectivity index is 2.96. The first kappa shape index (κ1) is 12.0. The first-order valence-corrected chi connectivity index (χ1v) is 4.47. The van der Waals surface area contributed by atoms with Crippen LogP contribution >= 0.6 is 0 Å². The fraction of sp³-hybridized carbons (Fsp3) is 0.200. The maximum Gasteiger partial charge on any atom is 0.405 e. The van der Waals surface area contributed by atoms with E-state index in [1.165, 1.54) is 12.1 Å². The molecule has 0 spiro atoms. The lowest BCUT2D eigenvalue weighted by molar-refractivity contribution is -0.148. The first-order valence-electron chi connectivity index (χ1n) is 4.47. The molecule has 0 heterocycles. The number of carbonyl (C=O) groups is 2. The monoisotopic (exact) mass is 225 g/mol. The highest BCUT2D eigenvalue weighted by atomic mass is 16.4. The van der Waals surface area contributed by atoms with Crippen molar-refractivity contribution < 1.29 is 24.9 Å². The average molecular weight is 225 g/mol. The Morgan fingerprint density at radius 2 is 1.69 bits per heavy atom. The van der Waals surface area contributed by atoms with Gasteiger partial charge in [0.1, 0.15) is 0 Å². The highest BCUT2D eigenvalue weighted by Gasteiger charge is 2.28. The van der Waals surface area contributed by atoms with Crippen LogP contribution in [-0.2, 0) is 4.79 Å². The number of aliphatic hydroxyl groups excluding tert-OH is 1. The lowest BCUT2D eigenvalue weighted by atomic mass is 10.0. The van der Waals surface area contributed by atoms with Crippen LogP contribution in [0.3, 0.4) is 0 Å².